The van der Waals surface area contributed by atoms with E-state index in [1.807, 2.05) is 46.2 Å². The molecule has 1 aliphatic carbocycles. The van der Waals surface area contributed by atoms with Crippen LogP contribution in [0.4, 0.5) is 10.1 Å². The van der Waals surface area contributed by atoms with Gasteiger partial charge < -0.3 is 10.3 Å². The molecule has 0 aliphatic heterocycles. The highest BCUT2D eigenvalue weighted by Gasteiger charge is 2.17. The van der Waals surface area contributed by atoms with E-state index in [0.29, 0.717) is 5.35 Å². The van der Waals surface area contributed by atoms with Crippen molar-refractivity contribution in [1.29, 1.82) is 0 Å². The molecule has 0 atom stereocenters. The number of allylic oxidation sites excluding steroid dienone is 5. The monoisotopic (exact) mass is 609 g/mol. The highest BCUT2D eigenvalue weighted by atomic mass is 32.1. The highest BCUT2D eigenvalue weighted by Crippen LogP contribution is 2.33. The number of hydrogen-bond donors (Lipinski definition) is 3. The molecule has 0 saturated heterocycles. The minimum absolute atomic E-state index is 0.222. The maximum absolute atomic E-state index is 13.9. The van der Waals surface area contributed by atoms with E-state index in [9.17, 15) is 4.39 Å². The van der Waals surface area contributed by atoms with Gasteiger partial charge in [-0.2, -0.15) is 9.49 Å². The number of halogens is 1. The van der Waals surface area contributed by atoms with Gasteiger partial charge in [-0.3, -0.25) is 10.1 Å². The number of aromatic nitrogens is 4. The predicted octanol–water partition coefficient (Wildman–Crippen LogP) is 9.14. The average molecular weight is 610 g/mol. The first-order valence-corrected chi connectivity index (χ1v) is 16.3. The van der Waals surface area contributed by atoms with Crippen LogP contribution >= 0.6 is 11.3 Å². The van der Waals surface area contributed by atoms with Crippen molar-refractivity contribution in [2.75, 3.05) is 5.32 Å². The molecule has 0 aromatic carbocycles. The number of aryl methyl sites for hydroxylation is 1. The number of nitrogens with zero attached hydrogens (tertiary/aromatic N) is 2. The number of nitrogens with one attached hydrogen (secondary N) is 3. The van der Waals surface area contributed by atoms with Crippen LogP contribution in [0.3, 0.4) is 0 Å². The summed E-state index contributed by atoms with van der Waals surface area (Å²) in [6, 6.07) is 7.44. The smallest absolute Gasteiger partial charge is 0.176 e. The van der Waals surface area contributed by atoms with E-state index in [2.05, 4.69) is 69.5 Å². The average Bonchev–Trinajstić information content (AvgIpc) is 3.74. The Kier molecular flexibility index (Phi) is 11.5. The first-order valence-electron chi connectivity index (χ1n) is 15.5. The molecule has 230 valence electrons. The Morgan fingerprint density at radius 3 is 2.61 bits per heavy atom. The van der Waals surface area contributed by atoms with Crippen molar-refractivity contribution in [3.05, 3.63) is 111 Å². The molecule has 1 saturated carbocycles. The molecule has 1 fully saturated rings. The van der Waals surface area contributed by atoms with Gasteiger partial charge in [0.15, 0.2) is 5.13 Å². The number of rotatable bonds is 10. The van der Waals surface area contributed by atoms with Gasteiger partial charge in [0.2, 0.25) is 0 Å². The van der Waals surface area contributed by atoms with Crippen molar-refractivity contribution >= 4 is 40.8 Å². The molecule has 44 heavy (non-hydrogen) atoms. The number of thiophene rings is 1. The molecule has 0 bridgehead atoms. The number of pyridine rings is 1. The van der Waals surface area contributed by atoms with Crippen LogP contribution in [0.2, 0.25) is 0 Å². The number of anilines is 1. The van der Waals surface area contributed by atoms with E-state index in [0.717, 1.165) is 84.5 Å². The van der Waals surface area contributed by atoms with Crippen LogP contribution < -0.4 is 15.9 Å². The fourth-order valence-corrected chi connectivity index (χ4v) is 6.51. The molecule has 0 unspecified atom stereocenters. The lowest BCUT2D eigenvalue weighted by atomic mass is 9.86. The molecule has 0 spiro atoms. The van der Waals surface area contributed by atoms with E-state index >= 15 is 0 Å². The van der Waals surface area contributed by atoms with Crippen LogP contribution in [0.5, 0.6) is 0 Å². The molecule has 1 aliphatic rings. The number of aromatic amines is 2. The van der Waals surface area contributed by atoms with E-state index in [1.54, 1.807) is 12.1 Å². The Bertz CT molecular complexity index is 1760. The lowest BCUT2D eigenvalue weighted by Crippen LogP contribution is -2.22. The number of hydrogen-bond acceptors (Lipinski definition) is 4. The molecular weight excluding hydrogens is 566 g/mol. The Labute approximate surface area is 264 Å². The second-order valence-corrected chi connectivity index (χ2v) is 11.9. The summed E-state index contributed by atoms with van der Waals surface area (Å²) in [7, 11) is 0. The minimum atomic E-state index is -0.222. The normalized spacial score (nSPS) is 14.7. The van der Waals surface area contributed by atoms with Gasteiger partial charge in [0.1, 0.15) is 5.69 Å². The van der Waals surface area contributed by atoms with Crippen molar-refractivity contribution in [2.45, 2.75) is 66.2 Å². The summed E-state index contributed by atoms with van der Waals surface area (Å²) in [5.41, 5.74) is 8.38. The molecule has 4 heterocycles. The van der Waals surface area contributed by atoms with Gasteiger partial charge >= 0.3 is 0 Å². The van der Waals surface area contributed by atoms with Crippen LogP contribution in [-0.4, -0.2) is 20.2 Å². The lowest BCUT2D eigenvalue weighted by Gasteiger charge is -2.23. The summed E-state index contributed by atoms with van der Waals surface area (Å²) < 4.78 is 13.9. The van der Waals surface area contributed by atoms with E-state index in [4.69, 9.17) is 0 Å². The molecule has 5 rings (SSSR count). The minimum Gasteiger partial charge on any atom is -0.358 e. The van der Waals surface area contributed by atoms with Gasteiger partial charge in [-0.05, 0) is 62.1 Å². The van der Waals surface area contributed by atoms with Crippen molar-refractivity contribution < 1.29 is 4.39 Å². The Morgan fingerprint density at radius 1 is 1.16 bits per heavy atom. The van der Waals surface area contributed by atoms with Crippen LogP contribution in [0.15, 0.2) is 73.7 Å². The number of H-pyrrole nitrogens is 2. The third-order valence-electron chi connectivity index (χ3n) is 7.83. The molecule has 0 amide bonds. The fourth-order valence-electron chi connectivity index (χ4n) is 5.74. The topological polar surface area (TPSA) is 69.4 Å². The van der Waals surface area contributed by atoms with E-state index < -0.39 is 0 Å². The van der Waals surface area contributed by atoms with Crippen molar-refractivity contribution in [1.82, 2.24) is 20.2 Å². The summed E-state index contributed by atoms with van der Waals surface area (Å²) in [5.74, 6) is 0.719. The highest BCUT2D eigenvalue weighted by molar-refractivity contribution is 7.11. The molecule has 3 N–H and O–H groups in total. The van der Waals surface area contributed by atoms with Crippen molar-refractivity contribution in [3.63, 3.8) is 0 Å². The summed E-state index contributed by atoms with van der Waals surface area (Å²) in [6.07, 6.45) is 19.1. The molecule has 7 heteroatoms. The van der Waals surface area contributed by atoms with Gasteiger partial charge in [-0.25, -0.2) is 0 Å². The summed E-state index contributed by atoms with van der Waals surface area (Å²) in [4.78, 5) is 8.84. The summed E-state index contributed by atoms with van der Waals surface area (Å²) in [5, 5.41) is 12.5. The third kappa shape index (κ3) is 7.83. The lowest BCUT2D eigenvalue weighted by molar-refractivity contribution is 0.357. The fraction of sp³-hybridized carbons (Fsp3) is 0.297. The van der Waals surface area contributed by atoms with E-state index in [1.165, 1.54) is 38.2 Å². The maximum Gasteiger partial charge on any atom is 0.176 e. The van der Waals surface area contributed by atoms with Crippen molar-refractivity contribution in [2.24, 2.45) is 5.92 Å². The second kappa shape index (κ2) is 15.5. The second-order valence-electron chi connectivity index (χ2n) is 10.9. The zero-order chi connectivity index (χ0) is 31.6. The van der Waals surface area contributed by atoms with Crippen LogP contribution in [0.1, 0.15) is 81.0 Å². The molecule has 0 radical (unpaired) electrons. The Hall–Kier alpha value is -4.23. The van der Waals surface area contributed by atoms with E-state index in [-0.39, 0.29) is 5.13 Å². The third-order valence-corrected chi connectivity index (χ3v) is 8.74. The van der Waals surface area contributed by atoms with Gasteiger partial charge in [-0.15, -0.1) is 11.3 Å². The van der Waals surface area contributed by atoms with Gasteiger partial charge in [0.05, 0.1) is 22.9 Å². The maximum atomic E-state index is 13.9. The zero-order valence-corrected chi connectivity index (χ0v) is 27.2. The molecule has 4 aromatic rings. The predicted molar refractivity (Wildman–Crippen MR) is 187 cm³/mol. The van der Waals surface area contributed by atoms with Crippen LogP contribution in [0.25, 0.3) is 35.2 Å². The van der Waals surface area contributed by atoms with Gasteiger partial charge in [0.25, 0.3) is 0 Å². The Balaban J connectivity index is 0.00000216. The molecular formula is C37H44FN5S. The van der Waals surface area contributed by atoms with Crippen LogP contribution in [-0.2, 0) is 0 Å². The summed E-state index contributed by atoms with van der Waals surface area (Å²) in [6.45, 7) is 20.4. The SMILES string of the molecule is C=C/C=C(/c1ccc(F)s1)c1cc(-c2n[nH]c(=C)/c2=C\C(=C/C)c2cncc(NC(=C)CC3CCCCC3)c2)[nH]c1C.CC. The Morgan fingerprint density at radius 2 is 1.93 bits per heavy atom. The quantitative estimate of drug-likeness (QED) is 0.157. The summed E-state index contributed by atoms with van der Waals surface area (Å²) >= 11 is 1.12. The van der Waals surface area contributed by atoms with Gasteiger partial charge in [-0.1, -0.05) is 83.9 Å². The van der Waals surface area contributed by atoms with Crippen molar-refractivity contribution in [3.8, 4) is 11.4 Å². The first kappa shape index (κ1) is 32.7. The van der Waals surface area contributed by atoms with Crippen LogP contribution in [0, 0.1) is 18.0 Å². The largest absolute Gasteiger partial charge is 0.358 e. The molecule has 5 nitrogen and oxygen atoms in total. The zero-order valence-electron chi connectivity index (χ0n) is 26.4. The van der Waals surface area contributed by atoms with Gasteiger partial charge in [0, 0.05) is 44.4 Å². The first-order chi connectivity index (χ1) is 21.4. The standard InChI is InChI=1S/C35H38FN5S.C2H6/c1-6-11-29(33-14-15-34(36)42-33)30-19-32(39-23(30)4)35-31(24(5)40-41-35)18-26(7-2)27-17-28(21-37-20-27)38-22(3)16-25-12-9-8-10-13-25;1-2/h6-7,11,14-15,17-21,25,38-40H,1,3,5,8-10,12-13,16H2,2,4H3;1-2H3/b26-7+,29-11+,31-18+;. The molecule has 4 aromatic heterocycles.